The molecule has 26 heavy (non-hydrogen) atoms. The van der Waals surface area contributed by atoms with Gasteiger partial charge in [-0.15, -0.1) is 0 Å². The Morgan fingerprint density at radius 3 is 2.88 bits per heavy atom. The largest absolute Gasteiger partial charge is 0.492 e. The van der Waals surface area contributed by atoms with Gasteiger partial charge in [-0.3, -0.25) is 0 Å². The number of amides is 1. The van der Waals surface area contributed by atoms with Gasteiger partial charge in [0.2, 0.25) is 0 Å². The summed E-state index contributed by atoms with van der Waals surface area (Å²) < 4.78 is 11.1. The molecule has 0 aromatic heterocycles. The maximum atomic E-state index is 12.4. The van der Waals surface area contributed by atoms with Crippen LogP contribution in [0.2, 0.25) is 5.02 Å². The Labute approximate surface area is 157 Å². The molecular formula is C20H20ClNO4. The van der Waals surface area contributed by atoms with Crippen LogP contribution in [0.1, 0.15) is 17.5 Å². The molecule has 2 heterocycles. The van der Waals surface area contributed by atoms with Gasteiger partial charge in [0.15, 0.2) is 0 Å². The third-order valence-corrected chi connectivity index (χ3v) is 5.52. The molecule has 1 saturated heterocycles. The van der Waals surface area contributed by atoms with E-state index in [1.54, 1.807) is 11.0 Å². The number of β-amino-alcohol motifs (C(OH)–C–C–N with tert-alkyl or cyclic N) is 1. The van der Waals surface area contributed by atoms with Crippen LogP contribution in [0.4, 0.5) is 4.79 Å². The van der Waals surface area contributed by atoms with Crippen molar-refractivity contribution >= 4 is 17.7 Å². The van der Waals surface area contributed by atoms with Gasteiger partial charge in [-0.25, -0.2) is 4.79 Å². The standard InChI is InChI=1S/C20H20ClNO4/c21-15-6-7-16-17(10-15)26-13-20(16)8-9-22(11-18(20)23)19(24)25-12-14-4-2-1-3-5-14/h1-7,10,18,23H,8-9,11-13H2/t18-,20-/m1/s1. The van der Waals surface area contributed by atoms with Crippen LogP contribution in [0.25, 0.3) is 0 Å². The van der Waals surface area contributed by atoms with E-state index in [4.69, 9.17) is 21.1 Å². The van der Waals surface area contributed by atoms with E-state index in [1.807, 2.05) is 42.5 Å². The maximum Gasteiger partial charge on any atom is 0.410 e. The third-order valence-electron chi connectivity index (χ3n) is 5.29. The third kappa shape index (κ3) is 3.02. The Kier molecular flexibility index (Phi) is 4.51. The summed E-state index contributed by atoms with van der Waals surface area (Å²) in [6, 6.07) is 15.0. The molecule has 0 radical (unpaired) electrons. The minimum atomic E-state index is -0.719. The molecule has 2 aliphatic heterocycles. The van der Waals surface area contributed by atoms with Gasteiger partial charge in [0.25, 0.3) is 0 Å². The zero-order valence-electron chi connectivity index (χ0n) is 14.2. The molecule has 1 N–H and O–H groups in total. The van der Waals surface area contributed by atoms with Gasteiger partial charge in [0.05, 0.1) is 18.1 Å². The normalized spacial score (nSPS) is 24.2. The van der Waals surface area contributed by atoms with Crippen LogP contribution in [-0.4, -0.2) is 41.9 Å². The van der Waals surface area contributed by atoms with Crippen LogP contribution in [0.15, 0.2) is 48.5 Å². The Balaban J connectivity index is 1.42. The molecule has 5 nitrogen and oxygen atoms in total. The number of benzene rings is 2. The van der Waals surface area contributed by atoms with Crippen molar-refractivity contribution in [1.29, 1.82) is 0 Å². The molecule has 1 spiro atoms. The van der Waals surface area contributed by atoms with Crippen molar-refractivity contribution in [3.8, 4) is 5.75 Å². The van der Waals surface area contributed by atoms with Crippen molar-refractivity contribution in [2.24, 2.45) is 0 Å². The molecule has 1 fully saturated rings. The number of likely N-dealkylation sites (tertiary alicyclic amines) is 1. The molecule has 0 aliphatic carbocycles. The molecule has 1 amide bonds. The summed E-state index contributed by atoms with van der Waals surface area (Å²) >= 11 is 6.03. The molecular weight excluding hydrogens is 354 g/mol. The fourth-order valence-electron chi connectivity index (χ4n) is 3.75. The SMILES string of the molecule is O=C(OCc1ccccc1)N1CC[C@]2(COc3cc(Cl)ccc32)[C@H](O)C1. The number of carbonyl (C=O) groups is 1. The monoisotopic (exact) mass is 373 g/mol. The minimum absolute atomic E-state index is 0.221. The number of halogens is 1. The first kappa shape index (κ1) is 17.2. The first-order valence-corrected chi connectivity index (χ1v) is 9.03. The van der Waals surface area contributed by atoms with E-state index in [-0.39, 0.29) is 13.2 Å². The Morgan fingerprint density at radius 2 is 2.12 bits per heavy atom. The van der Waals surface area contributed by atoms with Crippen molar-refractivity contribution in [3.63, 3.8) is 0 Å². The second kappa shape index (κ2) is 6.82. The molecule has 0 bridgehead atoms. The Hall–Kier alpha value is -2.24. The van der Waals surface area contributed by atoms with Gasteiger partial charge in [-0.1, -0.05) is 48.0 Å². The summed E-state index contributed by atoms with van der Waals surface area (Å²) in [4.78, 5) is 13.9. The summed E-state index contributed by atoms with van der Waals surface area (Å²) in [5, 5.41) is 11.4. The van der Waals surface area contributed by atoms with Crippen LogP contribution in [0.5, 0.6) is 5.75 Å². The minimum Gasteiger partial charge on any atom is -0.492 e. The van der Waals surface area contributed by atoms with Crippen LogP contribution in [0, 0.1) is 0 Å². The highest BCUT2D eigenvalue weighted by Crippen LogP contribution is 2.46. The van der Waals surface area contributed by atoms with Crippen molar-refractivity contribution in [1.82, 2.24) is 4.90 Å². The van der Waals surface area contributed by atoms with Crippen LogP contribution in [0.3, 0.4) is 0 Å². The molecule has 2 atom stereocenters. The second-order valence-electron chi connectivity index (χ2n) is 6.84. The molecule has 0 unspecified atom stereocenters. The molecule has 4 rings (SSSR count). The number of nitrogens with zero attached hydrogens (tertiary/aromatic N) is 1. The van der Waals surface area contributed by atoms with Gasteiger partial charge in [-0.2, -0.15) is 0 Å². The number of rotatable bonds is 2. The fourth-order valence-corrected chi connectivity index (χ4v) is 3.91. The number of carbonyl (C=O) groups excluding carboxylic acids is 1. The van der Waals surface area contributed by atoms with E-state index in [1.165, 1.54) is 0 Å². The van der Waals surface area contributed by atoms with Crippen molar-refractivity contribution in [2.75, 3.05) is 19.7 Å². The smallest absolute Gasteiger partial charge is 0.410 e. The molecule has 2 aromatic carbocycles. The van der Waals surface area contributed by atoms with Gasteiger partial charge in [-0.05, 0) is 24.1 Å². The lowest BCUT2D eigenvalue weighted by atomic mass is 9.72. The average Bonchev–Trinajstić information content (AvgIpc) is 3.01. The zero-order valence-corrected chi connectivity index (χ0v) is 15.0. The predicted octanol–water partition coefficient (Wildman–Crippen LogP) is 3.37. The summed E-state index contributed by atoms with van der Waals surface area (Å²) in [6.45, 7) is 1.35. The first-order chi connectivity index (χ1) is 12.6. The number of fused-ring (bicyclic) bond motifs is 2. The highest BCUT2D eigenvalue weighted by atomic mass is 35.5. The van der Waals surface area contributed by atoms with Crippen LogP contribution < -0.4 is 4.74 Å². The van der Waals surface area contributed by atoms with Crippen molar-refractivity contribution in [3.05, 3.63) is 64.7 Å². The lowest BCUT2D eigenvalue weighted by Crippen LogP contribution is -2.55. The second-order valence-corrected chi connectivity index (χ2v) is 7.27. The lowest BCUT2D eigenvalue weighted by molar-refractivity contribution is -0.0113. The molecule has 2 aromatic rings. The van der Waals surface area contributed by atoms with E-state index >= 15 is 0 Å². The lowest BCUT2D eigenvalue weighted by Gasteiger charge is -2.42. The van der Waals surface area contributed by atoms with E-state index in [9.17, 15) is 9.90 Å². The van der Waals surface area contributed by atoms with E-state index in [0.29, 0.717) is 24.6 Å². The summed E-state index contributed by atoms with van der Waals surface area (Å²) in [5.41, 5.74) is 1.41. The van der Waals surface area contributed by atoms with Crippen LogP contribution in [-0.2, 0) is 16.8 Å². The Morgan fingerprint density at radius 1 is 1.31 bits per heavy atom. The topological polar surface area (TPSA) is 59.0 Å². The molecule has 6 heteroatoms. The van der Waals surface area contributed by atoms with Gasteiger partial charge < -0.3 is 19.5 Å². The number of hydrogen-bond acceptors (Lipinski definition) is 4. The summed E-state index contributed by atoms with van der Waals surface area (Å²) in [5.74, 6) is 0.719. The molecule has 0 saturated carbocycles. The average molecular weight is 374 g/mol. The molecule has 2 aliphatic rings. The number of hydrogen-bond donors (Lipinski definition) is 1. The Bertz CT molecular complexity index is 813. The number of aliphatic hydroxyl groups is 1. The van der Waals surface area contributed by atoms with E-state index in [0.717, 1.165) is 16.9 Å². The maximum absolute atomic E-state index is 12.4. The number of ether oxygens (including phenoxy) is 2. The van der Waals surface area contributed by atoms with Gasteiger partial charge >= 0.3 is 6.09 Å². The molecule has 136 valence electrons. The first-order valence-electron chi connectivity index (χ1n) is 8.65. The highest BCUT2D eigenvalue weighted by Gasteiger charge is 2.50. The van der Waals surface area contributed by atoms with Crippen LogP contribution >= 0.6 is 11.6 Å². The van der Waals surface area contributed by atoms with E-state index < -0.39 is 17.6 Å². The highest BCUT2D eigenvalue weighted by molar-refractivity contribution is 6.30. The zero-order chi connectivity index (χ0) is 18.1. The fraction of sp³-hybridized carbons (Fsp3) is 0.350. The van der Waals surface area contributed by atoms with E-state index in [2.05, 4.69) is 0 Å². The van der Waals surface area contributed by atoms with Crippen molar-refractivity contribution in [2.45, 2.75) is 24.5 Å². The quantitative estimate of drug-likeness (QED) is 0.876. The van der Waals surface area contributed by atoms with Gasteiger partial charge in [0.1, 0.15) is 19.0 Å². The van der Waals surface area contributed by atoms with Crippen molar-refractivity contribution < 1.29 is 19.4 Å². The number of aliphatic hydroxyl groups excluding tert-OH is 1. The summed E-state index contributed by atoms with van der Waals surface area (Å²) in [6.07, 6.45) is -0.510. The number of piperidine rings is 1. The summed E-state index contributed by atoms with van der Waals surface area (Å²) in [7, 11) is 0. The van der Waals surface area contributed by atoms with Gasteiger partial charge in [0, 0.05) is 17.1 Å². The predicted molar refractivity (Wildman–Crippen MR) is 97.4 cm³/mol.